The van der Waals surface area contributed by atoms with Gasteiger partial charge >= 0.3 is 6.03 Å². The van der Waals surface area contributed by atoms with Gasteiger partial charge in [0.25, 0.3) is 0 Å². The van der Waals surface area contributed by atoms with E-state index in [2.05, 4.69) is 47.5 Å². The average molecular weight is 962 g/mol. The molecule has 2 aromatic carbocycles. The Morgan fingerprint density at radius 2 is 1.60 bits per heavy atom. The third kappa shape index (κ3) is 9.30. The number of H-pyrrole nitrogens is 1. The van der Waals surface area contributed by atoms with Crippen LogP contribution in [0.3, 0.4) is 0 Å². The lowest BCUT2D eigenvalue weighted by atomic mass is 9.89. The maximum atomic E-state index is 13.7. The number of hydrogen-bond acceptors (Lipinski definition) is 11. The number of imide groups is 1. The van der Waals surface area contributed by atoms with Gasteiger partial charge in [0.05, 0.1) is 21.1 Å². The van der Waals surface area contributed by atoms with Crippen LogP contribution in [0, 0.1) is 5.92 Å². The normalized spacial score (nSPS) is 18.4. The second kappa shape index (κ2) is 19.4. The third-order valence-corrected chi connectivity index (χ3v) is 14.7. The highest BCUT2D eigenvalue weighted by molar-refractivity contribution is 6.35. The lowest BCUT2D eigenvalue weighted by molar-refractivity contribution is -0.141. The minimum absolute atomic E-state index is 0.0711. The van der Waals surface area contributed by atoms with Crippen molar-refractivity contribution in [1.29, 1.82) is 0 Å². The van der Waals surface area contributed by atoms with Gasteiger partial charge in [0, 0.05) is 119 Å². The van der Waals surface area contributed by atoms with Gasteiger partial charge in [0.2, 0.25) is 17.7 Å². The van der Waals surface area contributed by atoms with Crippen molar-refractivity contribution in [3.8, 4) is 17.0 Å². The molecule has 0 saturated carbocycles. The Bertz CT molecular complexity index is 2840. The summed E-state index contributed by atoms with van der Waals surface area (Å²) in [5.74, 6) is 2.48. The fourth-order valence-electron chi connectivity index (χ4n) is 10.2. The molecule has 4 aliphatic rings. The molecule has 4 aromatic heterocycles. The van der Waals surface area contributed by atoms with E-state index in [4.69, 9.17) is 32.9 Å². The smallest absolute Gasteiger partial charge is 0.329 e. The van der Waals surface area contributed by atoms with Crippen LogP contribution in [-0.2, 0) is 21.4 Å². The lowest BCUT2D eigenvalue weighted by Crippen LogP contribution is -2.52. The van der Waals surface area contributed by atoms with E-state index in [-0.39, 0.29) is 30.1 Å². The molecule has 0 aliphatic carbocycles. The highest BCUT2D eigenvalue weighted by atomic mass is 35.5. The summed E-state index contributed by atoms with van der Waals surface area (Å²) < 4.78 is 8.06. The highest BCUT2D eigenvalue weighted by Crippen LogP contribution is 2.37. The van der Waals surface area contributed by atoms with E-state index in [9.17, 15) is 19.2 Å². The van der Waals surface area contributed by atoms with Crippen LogP contribution in [0.25, 0.3) is 33.1 Å². The number of rotatable bonds is 11. The number of pyridine rings is 2. The van der Waals surface area contributed by atoms with Crippen LogP contribution in [0.15, 0.2) is 67.1 Å². The maximum Gasteiger partial charge on any atom is 0.329 e. The summed E-state index contributed by atoms with van der Waals surface area (Å²) in [6.45, 7) is 8.62. The molecule has 354 valence electrons. The minimum atomic E-state index is -0.438. The lowest BCUT2D eigenvalue weighted by Gasteiger charge is -2.39. The van der Waals surface area contributed by atoms with Crippen LogP contribution >= 0.6 is 23.2 Å². The Kier molecular flexibility index (Phi) is 13.0. The molecule has 0 unspecified atom stereocenters. The fraction of sp³-hybridized carbons (Fsp3) is 0.429. The van der Waals surface area contributed by atoms with Gasteiger partial charge in [-0.3, -0.25) is 39.4 Å². The van der Waals surface area contributed by atoms with Crippen LogP contribution in [0.5, 0.6) is 5.75 Å². The molecular formula is C49H54Cl2N12O5. The standard InChI is InChI=1S/C49H54Cl2N12O5/c1-30(45-38(50)28-52-29-39(45)51)68-35-5-7-40-37(26-35)46(56-55-40)34-4-8-42(53-27-34)60-21-23-62(24-22-60)48(66)32-11-18-61(19-12-32)44(65)14-17-59-15-9-31(10-16-59)33-3-6-36-41(25-33)58(2)57-47(36)63-20-13-43(64)54-49(63)67/h3-8,25-32H,9-24H2,1-2H3,(H,55,56)(H,54,64,67)/t30-/m1/s1. The number of carbonyl (C=O) groups excluding carboxylic acids is 4. The van der Waals surface area contributed by atoms with Crippen molar-refractivity contribution >= 4 is 80.4 Å². The number of ether oxygens (including phenoxy) is 1. The Morgan fingerprint density at radius 1 is 0.838 bits per heavy atom. The number of nitrogens with zero attached hydrogens (tertiary/aromatic N) is 10. The number of nitrogens with one attached hydrogen (secondary N) is 2. The minimum Gasteiger partial charge on any atom is -0.486 e. The zero-order valence-electron chi connectivity index (χ0n) is 38.2. The number of carbonyl (C=O) groups is 4. The van der Waals surface area contributed by atoms with Gasteiger partial charge in [-0.1, -0.05) is 29.3 Å². The van der Waals surface area contributed by atoms with Gasteiger partial charge in [-0.05, 0) is 99.6 Å². The molecule has 0 radical (unpaired) electrons. The summed E-state index contributed by atoms with van der Waals surface area (Å²) in [5.41, 5.74) is 5.37. The van der Waals surface area contributed by atoms with Gasteiger partial charge in [-0.2, -0.15) is 10.2 Å². The summed E-state index contributed by atoms with van der Waals surface area (Å²) in [6.07, 6.45) is 8.64. The molecular weight excluding hydrogens is 908 g/mol. The zero-order chi connectivity index (χ0) is 47.1. The largest absolute Gasteiger partial charge is 0.486 e. The number of aryl methyl sites for hydroxylation is 1. The number of piperazine rings is 1. The SMILES string of the molecule is C[C@@H](Oc1ccc2[nH]nc(-c3ccc(N4CCN(C(=O)C5CCN(C(=O)CCN6CCC(c7ccc8c(N9CCC(=O)NC9=O)nn(C)c8c7)CC6)CC5)CC4)nc3)c2c1)c1c(Cl)cncc1Cl. The van der Waals surface area contributed by atoms with Crippen molar-refractivity contribution in [2.75, 3.05) is 75.2 Å². The number of piperidine rings is 2. The van der Waals surface area contributed by atoms with Crippen molar-refractivity contribution in [2.45, 2.75) is 57.5 Å². The second-order valence-electron chi connectivity index (χ2n) is 18.3. The van der Waals surface area contributed by atoms with Crippen molar-refractivity contribution in [3.05, 3.63) is 88.3 Å². The molecule has 19 heteroatoms. The number of aromatic nitrogens is 6. The van der Waals surface area contributed by atoms with Crippen LogP contribution in [-0.4, -0.2) is 134 Å². The van der Waals surface area contributed by atoms with Gasteiger partial charge < -0.3 is 24.3 Å². The molecule has 4 saturated heterocycles. The highest BCUT2D eigenvalue weighted by Gasteiger charge is 2.33. The number of anilines is 2. The Morgan fingerprint density at radius 3 is 2.32 bits per heavy atom. The monoisotopic (exact) mass is 960 g/mol. The summed E-state index contributed by atoms with van der Waals surface area (Å²) in [6, 6.07) is 15.7. The first-order chi connectivity index (χ1) is 33.0. The first-order valence-corrected chi connectivity index (χ1v) is 24.2. The van der Waals surface area contributed by atoms with Crippen LogP contribution in [0.4, 0.5) is 16.4 Å². The van der Waals surface area contributed by atoms with Gasteiger partial charge in [0.1, 0.15) is 23.4 Å². The van der Waals surface area contributed by atoms with E-state index in [0.717, 1.165) is 71.4 Å². The molecule has 6 aromatic rings. The van der Waals surface area contributed by atoms with Gasteiger partial charge in [-0.15, -0.1) is 0 Å². The molecule has 68 heavy (non-hydrogen) atoms. The number of benzene rings is 2. The van der Waals surface area contributed by atoms with Crippen molar-refractivity contribution in [2.24, 2.45) is 13.0 Å². The Balaban J connectivity index is 0.655. The van der Waals surface area contributed by atoms with Crippen molar-refractivity contribution < 1.29 is 23.9 Å². The number of urea groups is 1. The number of halogens is 2. The van der Waals surface area contributed by atoms with E-state index in [0.29, 0.717) is 98.2 Å². The number of amides is 5. The Labute approximate surface area is 403 Å². The molecule has 4 fully saturated rings. The molecule has 0 bridgehead atoms. The number of fused-ring (bicyclic) bond motifs is 2. The first-order valence-electron chi connectivity index (χ1n) is 23.5. The maximum absolute atomic E-state index is 13.7. The van der Waals surface area contributed by atoms with Crippen molar-refractivity contribution in [1.82, 2.24) is 50.0 Å². The Hall–Kier alpha value is -6.30. The van der Waals surface area contributed by atoms with E-state index in [1.165, 1.54) is 10.5 Å². The molecule has 10 rings (SSSR count). The quantitative estimate of drug-likeness (QED) is 0.137. The predicted molar refractivity (Wildman–Crippen MR) is 260 cm³/mol. The summed E-state index contributed by atoms with van der Waals surface area (Å²) in [4.78, 5) is 70.2. The molecule has 4 aliphatic heterocycles. The van der Waals surface area contributed by atoms with Crippen LogP contribution in [0.1, 0.15) is 68.6 Å². The molecule has 0 spiro atoms. The molecule has 2 N–H and O–H groups in total. The number of aromatic amines is 1. The van der Waals surface area contributed by atoms with Gasteiger partial charge in [0.15, 0.2) is 5.82 Å². The summed E-state index contributed by atoms with van der Waals surface area (Å²) in [5, 5.41) is 17.4. The van der Waals surface area contributed by atoms with E-state index < -0.39 is 12.1 Å². The third-order valence-electron chi connectivity index (χ3n) is 14.1. The predicted octanol–water partition coefficient (Wildman–Crippen LogP) is 6.96. The van der Waals surface area contributed by atoms with Gasteiger partial charge in [-0.25, -0.2) is 9.78 Å². The van der Waals surface area contributed by atoms with Crippen LogP contribution in [0.2, 0.25) is 10.0 Å². The number of hydrogen-bond donors (Lipinski definition) is 2. The second-order valence-corrected chi connectivity index (χ2v) is 19.1. The summed E-state index contributed by atoms with van der Waals surface area (Å²) >= 11 is 12.8. The molecule has 5 amide bonds. The first kappa shape index (κ1) is 45.5. The topological polar surface area (TPSA) is 178 Å². The molecule has 8 heterocycles. The molecule has 17 nitrogen and oxygen atoms in total. The zero-order valence-corrected chi connectivity index (χ0v) is 39.7. The average Bonchev–Trinajstić information content (AvgIpc) is 3.93. The molecule has 1 atom stereocenters. The summed E-state index contributed by atoms with van der Waals surface area (Å²) in [7, 11) is 1.88. The van der Waals surface area contributed by atoms with Crippen molar-refractivity contribution in [3.63, 3.8) is 0 Å². The van der Waals surface area contributed by atoms with E-state index in [1.54, 1.807) is 17.1 Å². The van der Waals surface area contributed by atoms with E-state index in [1.807, 2.05) is 66.4 Å². The number of likely N-dealkylation sites (tertiary alicyclic amines) is 2. The fourth-order valence-corrected chi connectivity index (χ4v) is 10.9. The van der Waals surface area contributed by atoms with E-state index >= 15 is 0 Å². The van der Waals surface area contributed by atoms with Crippen LogP contribution < -0.4 is 19.9 Å².